The molecule has 0 saturated carbocycles. The lowest BCUT2D eigenvalue weighted by Crippen LogP contribution is -2.12. The highest BCUT2D eigenvalue weighted by molar-refractivity contribution is 6.33. The quantitative estimate of drug-likeness (QED) is 0.644. The third kappa shape index (κ3) is 2.94. The van der Waals surface area contributed by atoms with Crippen molar-refractivity contribution in [2.45, 2.75) is 13.2 Å². The molecule has 0 atom stereocenters. The molecule has 24 heavy (non-hydrogen) atoms. The molecular weight excluding hydrogens is 345 g/mol. The van der Waals surface area contributed by atoms with Crippen molar-refractivity contribution in [3.63, 3.8) is 0 Å². The lowest BCUT2D eigenvalue weighted by atomic mass is 10.2. The zero-order chi connectivity index (χ0) is 17.3. The van der Waals surface area contributed by atoms with E-state index in [0.29, 0.717) is 10.1 Å². The van der Waals surface area contributed by atoms with Crippen LogP contribution in [-0.4, -0.2) is 15.5 Å². The predicted molar refractivity (Wildman–Crippen MR) is 81.5 cm³/mol. The summed E-state index contributed by atoms with van der Waals surface area (Å²) in [6.07, 6.45) is 0. The topological polar surface area (TPSA) is 44.1 Å². The third-order valence-corrected chi connectivity index (χ3v) is 3.68. The number of hydrogen-bond donors (Lipinski definition) is 0. The molecule has 0 unspecified atom stereocenters. The van der Waals surface area contributed by atoms with Gasteiger partial charge in [0, 0.05) is 0 Å². The van der Waals surface area contributed by atoms with E-state index in [0.717, 1.165) is 6.07 Å². The van der Waals surface area contributed by atoms with Gasteiger partial charge < -0.3 is 4.74 Å². The molecule has 2 aromatic carbocycles. The van der Waals surface area contributed by atoms with E-state index in [1.807, 2.05) is 0 Å². The molecule has 0 fully saturated rings. The number of benzene rings is 2. The van der Waals surface area contributed by atoms with Crippen LogP contribution in [0.25, 0.3) is 11.0 Å². The van der Waals surface area contributed by atoms with Crippen LogP contribution in [-0.2, 0) is 11.3 Å². The first-order chi connectivity index (χ1) is 11.5. The van der Waals surface area contributed by atoms with Gasteiger partial charge in [-0.25, -0.2) is 14.2 Å². The SMILES string of the molecule is O=C(OCc1nc2ccccc2n1C(F)F)c1c(F)cccc1Cl. The number of hydrogen-bond acceptors (Lipinski definition) is 3. The largest absolute Gasteiger partial charge is 0.454 e. The number of rotatable bonds is 4. The Kier molecular flexibility index (Phi) is 4.44. The molecule has 3 rings (SSSR count). The second-order valence-corrected chi connectivity index (χ2v) is 5.24. The number of imidazole rings is 1. The molecule has 0 saturated heterocycles. The summed E-state index contributed by atoms with van der Waals surface area (Å²) < 4.78 is 45.8. The Bertz CT molecular complexity index is 891. The number of carbonyl (C=O) groups is 1. The number of esters is 1. The summed E-state index contributed by atoms with van der Waals surface area (Å²) in [6.45, 7) is -3.40. The molecule has 124 valence electrons. The van der Waals surface area contributed by atoms with Gasteiger partial charge in [-0.1, -0.05) is 29.8 Å². The van der Waals surface area contributed by atoms with E-state index in [4.69, 9.17) is 16.3 Å². The molecule has 1 heterocycles. The van der Waals surface area contributed by atoms with E-state index >= 15 is 0 Å². The van der Waals surface area contributed by atoms with Gasteiger partial charge in [0.05, 0.1) is 16.1 Å². The Morgan fingerprint density at radius 3 is 2.67 bits per heavy atom. The third-order valence-electron chi connectivity index (χ3n) is 3.36. The van der Waals surface area contributed by atoms with Gasteiger partial charge in [0.1, 0.15) is 18.0 Å². The minimum atomic E-state index is -2.86. The first kappa shape index (κ1) is 16.3. The van der Waals surface area contributed by atoms with Crippen LogP contribution in [0, 0.1) is 5.82 Å². The van der Waals surface area contributed by atoms with E-state index in [1.165, 1.54) is 18.2 Å². The lowest BCUT2D eigenvalue weighted by Gasteiger charge is -2.09. The van der Waals surface area contributed by atoms with Crippen LogP contribution in [0.15, 0.2) is 42.5 Å². The molecule has 0 N–H and O–H groups in total. The number of para-hydroxylation sites is 2. The zero-order valence-corrected chi connectivity index (χ0v) is 12.8. The van der Waals surface area contributed by atoms with Crippen molar-refractivity contribution in [1.29, 1.82) is 0 Å². The maximum Gasteiger partial charge on any atom is 0.343 e. The second-order valence-electron chi connectivity index (χ2n) is 4.84. The van der Waals surface area contributed by atoms with Gasteiger partial charge in [-0.3, -0.25) is 4.57 Å². The van der Waals surface area contributed by atoms with Crippen LogP contribution in [0.2, 0.25) is 5.02 Å². The highest BCUT2D eigenvalue weighted by Gasteiger charge is 2.21. The van der Waals surface area contributed by atoms with Crippen LogP contribution in [0.1, 0.15) is 22.7 Å². The fraction of sp³-hybridized carbons (Fsp3) is 0.125. The number of alkyl halides is 2. The van der Waals surface area contributed by atoms with Gasteiger partial charge in [0.15, 0.2) is 5.82 Å². The molecular formula is C16H10ClF3N2O2. The van der Waals surface area contributed by atoms with Crippen LogP contribution in [0.3, 0.4) is 0 Å². The van der Waals surface area contributed by atoms with E-state index in [1.54, 1.807) is 18.2 Å². The summed E-state index contributed by atoms with van der Waals surface area (Å²) in [5, 5.41) is -0.123. The Labute approximate surface area is 139 Å². The summed E-state index contributed by atoms with van der Waals surface area (Å²) in [7, 11) is 0. The van der Waals surface area contributed by atoms with E-state index < -0.39 is 30.5 Å². The molecule has 8 heteroatoms. The van der Waals surface area contributed by atoms with Crippen molar-refractivity contribution < 1.29 is 22.7 Å². The maximum absolute atomic E-state index is 13.7. The van der Waals surface area contributed by atoms with Gasteiger partial charge in [-0.05, 0) is 24.3 Å². The van der Waals surface area contributed by atoms with Crippen molar-refractivity contribution in [2.75, 3.05) is 0 Å². The minimum absolute atomic E-state index is 0.123. The Hall–Kier alpha value is -2.54. The van der Waals surface area contributed by atoms with Gasteiger partial charge in [-0.15, -0.1) is 0 Å². The molecule has 3 aromatic rings. The standard InChI is InChI=1S/C16H10ClF3N2O2/c17-9-4-3-5-10(18)14(9)15(23)24-8-13-21-11-6-1-2-7-12(11)22(13)16(19)20/h1-7,16H,8H2. The maximum atomic E-state index is 13.7. The van der Waals surface area contributed by atoms with E-state index in [9.17, 15) is 18.0 Å². The van der Waals surface area contributed by atoms with E-state index in [-0.39, 0.29) is 16.4 Å². The van der Waals surface area contributed by atoms with E-state index in [2.05, 4.69) is 4.98 Å². The number of fused-ring (bicyclic) bond motifs is 1. The van der Waals surface area contributed by atoms with Gasteiger partial charge >= 0.3 is 12.5 Å². The summed E-state index contributed by atoms with van der Waals surface area (Å²) in [4.78, 5) is 16.0. The summed E-state index contributed by atoms with van der Waals surface area (Å²) >= 11 is 5.77. The average Bonchev–Trinajstić information content (AvgIpc) is 2.91. The van der Waals surface area contributed by atoms with Gasteiger partial charge in [0.25, 0.3) is 0 Å². The Morgan fingerprint density at radius 1 is 1.21 bits per heavy atom. The molecule has 0 aliphatic carbocycles. The second kappa shape index (κ2) is 6.52. The molecule has 1 aromatic heterocycles. The fourth-order valence-corrected chi connectivity index (χ4v) is 2.55. The van der Waals surface area contributed by atoms with Crippen LogP contribution < -0.4 is 0 Å². The van der Waals surface area contributed by atoms with Crippen molar-refractivity contribution in [3.8, 4) is 0 Å². The smallest absolute Gasteiger partial charge is 0.343 e. The van der Waals surface area contributed by atoms with Crippen molar-refractivity contribution in [1.82, 2.24) is 9.55 Å². The van der Waals surface area contributed by atoms with Crippen LogP contribution in [0.5, 0.6) is 0 Å². The van der Waals surface area contributed by atoms with Crippen LogP contribution in [0.4, 0.5) is 13.2 Å². The predicted octanol–water partition coefficient (Wildman–Crippen LogP) is 4.58. The molecule has 4 nitrogen and oxygen atoms in total. The summed E-state index contributed by atoms with van der Waals surface area (Å²) in [6, 6.07) is 10.0. The molecule has 0 aliphatic heterocycles. The Balaban J connectivity index is 1.88. The zero-order valence-electron chi connectivity index (χ0n) is 12.0. The molecule has 0 bridgehead atoms. The van der Waals surface area contributed by atoms with Crippen molar-refractivity contribution in [3.05, 3.63) is 64.7 Å². The number of aromatic nitrogens is 2. The minimum Gasteiger partial charge on any atom is -0.454 e. The highest BCUT2D eigenvalue weighted by Crippen LogP contribution is 2.24. The molecule has 0 spiro atoms. The van der Waals surface area contributed by atoms with Gasteiger partial charge in [0.2, 0.25) is 0 Å². The molecule has 0 aliphatic rings. The monoisotopic (exact) mass is 354 g/mol. The summed E-state index contributed by atoms with van der Waals surface area (Å²) in [5.74, 6) is -2.05. The first-order valence-electron chi connectivity index (χ1n) is 6.84. The summed E-state index contributed by atoms with van der Waals surface area (Å²) in [5.41, 5.74) is 0.106. The number of ether oxygens (including phenoxy) is 1. The number of nitrogens with zero attached hydrogens (tertiary/aromatic N) is 2. The van der Waals surface area contributed by atoms with Crippen LogP contribution >= 0.6 is 11.6 Å². The Morgan fingerprint density at radius 2 is 1.96 bits per heavy atom. The fourth-order valence-electron chi connectivity index (χ4n) is 2.31. The normalized spacial score (nSPS) is 11.2. The van der Waals surface area contributed by atoms with Crippen molar-refractivity contribution in [2.24, 2.45) is 0 Å². The number of carbonyl (C=O) groups excluding carboxylic acids is 1. The van der Waals surface area contributed by atoms with Crippen molar-refractivity contribution >= 4 is 28.6 Å². The number of halogens is 4. The molecule has 0 amide bonds. The van der Waals surface area contributed by atoms with Gasteiger partial charge in [-0.2, -0.15) is 8.78 Å². The highest BCUT2D eigenvalue weighted by atomic mass is 35.5. The molecule has 0 radical (unpaired) electrons. The first-order valence-corrected chi connectivity index (χ1v) is 7.22. The lowest BCUT2D eigenvalue weighted by molar-refractivity contribution is 0.0383. The average molecular weight is 355 g/mol.